The molecule has 0 spiro atoms. The van der Waals surface area contributed by atoms with Gasteiger partial charge in [-0.3, -0.25) is 10.1 Å². The van der Waals surface area contributed by atoms with Gasteiger partial charge < -0.3 is 4.90 Å². The van der Waals surface area contributed by atoms with E-state index in [9.17, 15) is 10.1 Å². The summed E-state index contributed by atoms with van der Waals surface area (Å²) in [6.07, 6.45) is 1.93. The van der Waals surface area contributed by atoms with Gasteiger partial charge in [0, 0.05) is 18.5 Å². The zero-order valence-electron chi connectivity index (χ0n) is 10.1. The maximum absolute atomic E-state index is 10.9. The summed E-state index contributed by atoms with van der Waals surface area (Å²) in [4.78, 5) is 20.9. The Morgan fingerprint density at radius 1 is 1.58 bits per heavy atom. The Labute approximate surface area is 118 Å². The van der Waals surface area contributed by atoms with Gasteiger partial charge in [0.15, 0.2) is 0 Å². The van der Waals surface area contributed by atoms with E-state index in [1.165, 1.54) is 4.88 Å². The predicted molar refractivity (Wildman–Crippen MR) is 75.0 cm³/mol. The minimum absolute atomic E-state index is 0.00331. The Balaban J connectivity index is 2.15. The molecular formula is C11H11ClN4O2S. The molecule has 0 saturated carbocycles. The van der Waals surface area contributed by atoms with Gasteiger partial charge in [0.05, 0.1) is 4.92 Å². The first-order valence-corrected chi connectivity index (χ1v) is 6.74. The lowest BCUT2D eigenvalue weighted by molar-refractivity contribution is -0.384. The van der Waals surface area contributed by atoms with Crippen molar-refractivity contribution in [2.45, 2.75) is 6.42 Å². The van der Waals surface area contributed by atoms with E-state index in [0.29, 0.717) is 6.54 Å². The number of hydrogen-bond acceptors (Lipinski definition) is 6. The van der Waals surface area contributed by atoms with Crippen molar-refractivity contribution in [1.29, 1.82) is 0 Å². The second-order valence-electron chi connectivity index (χ2n) is 3.86. The van der Waals surface area contributed by atoms with E-state index in [-0.39, 0.29) is 16.8 Å². The van der Waals surface area contributed by atoms with Crippen LogP contribution in [0.25, 0.3) is 0 Å². The molecule has 19 heavy (non-hydrogen) atoms. The summed E-state index contributed by atoms with van der Waals surface area (Å²) in [5, 5.41) is 12.9. The van der Waals surface area contributed by atoms with Crippen LogP contribution >= 0.6 is 22.9 Å². The summed E-state index contributed by atoms with van der Waals surface area (Å²) < 4.78 is 0. The molecule has 0 N–H and O–H groups in total. The zero-order valence-corrected chi connectivity index (χ0v) is 11.7. The van der Waals surface area contributed by atoms with E-state index in [0.717, 1.165) is 12.6 Å². The molecule has 0 bridgehead atoms. The maximum Gasteiger partial charge on any atom is 0.329 e. The topological polar surface area (TPSA) is 72.2 Å². The largest absolute Gasteiger partial charge is 0.353 e. The normalized spacial score (nSPS) is 10.4. The highest BCUT2D eigenvalue weighted by Gasteiger charge is 2.20. The smallest absolute Gasteiger partial charge is 0.329 e. The predicted octanol–water partition coefficient (Wildman–Crippen LogP) is 2.78. The molecule has 0 unspecified atom stereocenters. The number of thiophene rings is 1. The molecule has 2 heterocycles. The van der Waals surface area contributed by atoms with E-state index < -0.39 is 4.92 Å². The molecule has 0 atom stereocenters. The summed E-state index contributed by atoms with van der Waals surface area (Å²) >= 11 is 7.35. The van der Waals surface area contributed by atoms with Crippen LogP contribution < -0.4 is 4.90 Å². The quantitative estimate of drug-likeness (QED) is 0.482. The third-order valence-electron chi connectivity index (χ3n) is 2.55. The number of hydrogen-bond donors (Lipinski definition) is 0. The molecule has 2 aromatic rings. The van der Waals surface area contributed by atoms with Crippen LogP contribution in [0.5, 0.6) is 0 Å². The molecule has 0 amide bonds. The monoisotopic (exact) mass is 298 g/mol. The third-order valence-corrected chi connectivity index (χ3v) is 3.67. The van der Waals surface area contributed by atoms with Crippen molar-refractivity contribution in [3.05, 3.63) is 44.0 Å². The second kappa shape index (κ2) is 5.94. The van der Waals surface area contributed by atoms with E-state index in [1.807, 2.05) is 17.5 Å². The molecule has 100 valence electrons. The highest BCUT2D eigenvalue weighted by molar-refractivity contribution is 7.09. The molecule has 0 aliphatic carbocycles. The summed E-state index contributed by atoms with van der Waals surface area (Å²) in [7, 11) is 1.75. The first-order valence-electron chi connectivity index (χ1n) is 5.48. The summed E-state index contributed by atoms with van der Waals surface area (Å²) in [5.74, 6) is 0.238. The minimum atomic E-state index is -0.507. The molecule has 2 aromatic heterocycles. The minimum Gasteiger partial charge on any atom is -0.353 e. The van der Waals surface area contributed by atoms with Gasteiger partial charge in [-0.1, -0.05) is 6.07 Å². The van der Waals surface area contributed by atoms with Gasteiger partial charge in [-0.15, -0.1) is 11.3 Å². The van der Waals surface area contributed by atoms with Gasteiger partial charge in [-0.05, 0) is 29.5 Å². The SMILES string of the molecule is CN(CCc1cccs1)c1nc(Cl)ncc1[N+](=O)[O-]. The van der Waals surface area contributed by atoms with Crippen molar-refractivity contribution >= 4 is 34.4 Å². The van der Waals surface area contributed by atoms with Crippen LogP contribution in [0.3, 0.4) is 0 Å². The van der Waals surface area contributed by atoms with E-state index in [2.05, 4.69) is 9.97 Å². The van der Waals surface area contributed by atoms with Gasteiger partial charge in [-0.2, -0.15) is 4.98 Å². The number of rotatable bonds is 5. The van der Waals surface area contributed by atoms with Gasteiger partial charge in [0.25, 0.3) is 0 Å². The van der Waals surface area contributed by atoms with Gasteiger partial charge in [0.2, 0.25) is 11.1 Å². The fourth-order valence-electron chi connectivity index (χ4n) is 1.59. The van der Waals surface area contributed by atoms with E-state index in [4.69, 9.17) is 11.6 Å². The highest BCUT2D eigenvalue weighted by Crippen LogP contribution is 2.25. The highest BCUT2D eigenvalue weighted by atomic mass is 35.5. The van der Waals surface area contributed by atoms with Crippen LogP contribution in [-0.4, -0.2) is 28.5 Å². The van der Waals surface area contributed by atoms with Crippen molar-refractivity contribution in [1.82, 2.24) is 9.97 Å². The Hall–Kier alpha value is -1.73. The number of anilines is 1. The number of nitrogens with zero attached hydrogens (tertiary/aromatic N) is 4. The molecule has 8 heteroatoms. The number of likely N-dealkylation sites (N-methyl/N-ethyl adjacent to an activating group) is 1. The molecule has 0 saturated heterocycles. The van der Waals surface area contributed by atoms with Crippen LogP contribution in [0.15, 0.2) is 23.7 Å². The first-order chi connectivity index (χ1) is 9.08. The fourth-order valence-corrected chi connectivity index (χ4v) is 2.42. The standard InChI is InChI=1S/C11H11ClN4O2S/c1-15(5-4-8-3-2-6-19-8)10-9(16(17)18)7-13-11(12)14-10/h2-3,6-7H,4-5H2,1H3. The molecule has 6 nitrogen and oxygen atoms in total. The molecule has 2 rings (SSSR count). The van der Waals surface area contributed by atoms with Crippen molar-refractivity contribution < 1.29 is 4.92 Å². The van der Waals surface area contributed by atoms with E-state index >= 15 is 0 Å². The van der Waals surface area contributed by atoms with Crippen molar-refractivity contribution in [2.24, 2.45) is 0 Å². The number of aromatic nitrogens is 2. The van der Waals surface area contributed by atoms with E-state index in [1.54, 1.807) is 23.3 Å². The van der Waals surface area contributed by atoms with Gasteiger partial charge >= 0.3 is 5.69 Å². The lowest BCUT2D eigenvalue weighted by atomic mass is 10.3. The Morgan fingerprint density at radius 3 is 3.00 bits per heavy atom. The lowest BCUT2D eigenvalue weighted by Crippen LogP contribution is -2.22. The van der Waals surface area contributed by atoms with Gasteiger partial charge in [-0.25, -0.2) is 4.98 Å². The van der Waals surface area contributed by atoms with Crippen LogP contribution in [-0.2, 0) is 6.42 Å². The number of nitro groups is 1. The summed E-state index contributed by atoms with van der Waals surface area (Å²) in [5.41, 5.74) is -0.141. The second-order valence-corrected chi connectivity index (χ2v) is 5.23. The van der Waals surface area contributed by atoms with Crippen LogP contribution in [0.2, 0.25) is 5.28 Å². The fraction of sp³-hybridized carbons (Fsp3) is 0.273. The van der Waals surface area contributed by atoms with Crippen LogP contribution in [0.4, 0.5) is 11.5 Å². The van der Waals surface area contributed by atoms with Gasteiger partial charge in [0.1, 0.15) is 6.20 Å². The van der Waals surface area contributed by atoms with Crippen LogP contribution in [0, 0.1) is 10.1 Å². The zero-order chi connectivity index (χ0) is 13.8. The van der Waals surface area contributed by atoms with Crippen LogP contribution in [0.1, 0.15) is 4.88 Å². The van der Waals surface area contributed by atoms with Crippen molar-refractivity contribution in [2.75, 3.05) is 18.5 Å². The molecule has 0 aliphatic rings. The average Bonchev–Trinajstić information content (AvgIpc) is 2.88. The lowest BCUT2D eigenvalue weighted by Gasteiger charge is -2.17. The molecule has 0 aliphatic heterocycles. The number of halogens is 1. The third kappa shape index (κ3) is 3.39. The molecule has 0 radical (unpaired) electrons. The van der Waals surface area contributed by atoms with Crippen molar-refractivity contribution in [3.63, 3.8) is 0 Å². The molecular weight excluding hydrogens is 288 g/mol. The Kier molecular flexibility index (Phi) is 4.28. The van der Waals surface area contributed by atoms with Crippen molar-refractivity contribution in [3.8, 4) is 0 Å². The maximum atomic E-state index is 10.9. The molecule has 0 aromatic carbocycles. The molecule has 0 fully saturated rings. The summed E-state index contributed by atoms with van der Waals surface area (Å²) in [6.45, 7) is 0.620. The Morgan fingerprint density at radius 2 is 2.37 bits per heavy atom. The Bertz CT molecular complexity index is 576. The first kappa shape index (κ1) is 13.7. The summed E-state index contributed by atoms with van der Waals surface area (Å²) in [6, 6.07) is 4.00. The average molecular weight is 299 g/mol.